The number of esters is 1. The Labute approximate surface area is 171 Å². The third kappa shape index (κ3) is 3.50. The first-order valence-electron chi connectivity index (χ1n) is 10.1. The zero-order chi connectivity index (χ0) is 20.2. The minimum Gasteiger partial charge on any atom is -0.451 e. The molecule has 4 aliphatic rings. The Morgan fingerprint density at radius 1 is 1.14 bits per heavy atom. The van der Waals surface area contributed by atoms with E-state index >= 15 is 0 Å². The van der Waals surface area contributed by atoms with E-state index in [1.165, 1.54) is 42.7 Å². The van der Waals surface area contributed by atoms with Crippen LogP contribution >= 0.6 is 11.3 Å². The van der Waals surface area contributed by atoms with Gasteiger partial charge in [0.1, 0.15) is 4.88 Å². The molecule has 4 fully saturated rings. The molecular formula is C21H22N2O5S. The highest BCUT2D eigenvalue weighted by Crippen LogP contribution is 2.55. The molecule has 8 heteroatoms. The first kappa shape index (κ1) is 18.5. The monoisotopic (exact) mass is 414 g/mol. The second kappa shape index (κ2) is 6.79. The number of benzene rings is 1. The number of thiophene rings is 1. The molecule has 0 unspecified atom stereocenters. The number of hydrogen-bond donors (Lipinski definition) is 1. The zero-order valence-corrected chi connectivity index (χ0v) is 16.7. The van der Waals surface area contributed by atoms with Crippen LogP contribution in [0.3, 0.4) is 0 Å². The molecule has 1 aromatic carbocycles. The normalized spacial score (nSPS) is 29.7. The number of carbonyl (C=O) groups excluding carboxylic acids is 2. The summed E-state index contributed by atoms with van der Waals surface area (Å²) in [5, 5.41) is 14.7. The smallest absolute Gasteiger partial charge is 0.348 e. The van der Waals surface area contributed by atoms with Crippen molar-refractivity contribution in [2.45, 2.75) is 44.1 Å². The second-order valence-corrected chi connectivity index (χ2v) is 10.00. The minimum absolute atomic E-state index is 0.0230. The Bertz CT molecular complexity index is 978. The van der Waals surface area contributed by atoms with E-state index < -0.39 is 10.9 Å². The molecule has 1 amide bonds. The van der Waals surface area contributed by atoms with Crippen LogP contribution in [0.2, 0.25) is 0 Å². The van der Waals surface area contributed by atoms with Crippen molar-refractivity contribution in [1.29, 1.82) is 0 Å². The summed E-state index contributed by atoms with van der Waals surface area (Å²) in [5.41, 5.74) is -0.125. The number of non-ortho nitro benzene ring substituents is 1. The van der Waals surface area contributed by atoms with Crippen LogP contribution in [0.25, 0.3) is 10.1 Å². The standard InChI is InChI=1S/C21H22N2O5S/c24-19(22-21-8-12-3-13(9-21)5-14(4-12)10-21)11-28-20(25)18-7-15-6-16(23(26)27)1-2-17(15)29-18/h1-2,6-7,12-14H,3-5,8-11H2,(H,22,24). The van der Waals surface area contributed by atoms with Crippen LogP contribution in [-0.4, -0.2) is 28.9 Å². The fourth-order valence-corrected chi connectivity index (χ4v) is 6.98. The van der Waals surface area contributed by atoms with Crippen LogP contribution < -0.4 is 5.32 Å². The molecule has 1 aromatic heterocycles. The lowest BCUT2D eigenvalue weighted by molar-refractivity contribution is -0.384. The van der Waals surface area contributed by atoms with Crippen LogP contribution in [0.5, 0.6) is 0 Å². The van der Waals surface area contributed by atoms with Crippen LogP contribution in [0.15, 0.2) is 24.3 Å². The molecule has 4 aliphatic carbocycles. The molecule has 29 heavy (non-hydrogen) atoms. The average Bonchev–Trinajstić information content (AvgIpc) is 3.08. The minimum atomic E-state index is -0.575. The molecule has 7 nitrogen and oxygen atoms in total. The lowest BCUT2D eigenvalue weighted by atomic mass is 9.53. The first-order valence-corrected chi connectivity index (χ1v) is 10.9. The SMILES string of the molecule is O=C(COC(=O)c1cc2cc([N+](=O)[O-])ccc2s1)NC12CC3CC(CC(C3)C1)C2. The average molecular weight is 414 g/mol. The van der Waals surface area contributed by atoms with Crippen molar-refractivity contribution in [3.05, 3.63) is 39.3 Å². The van der Waals surface area contributed by atoms with Crippen molar-refractivity contribution >= 4 is 39.0 Å². The summed E-state index contributed by atoms with van der Waals surface area (Å²) in [7, 11) is 0. The predicted molar refractivity (Wildman–Crippen MR) is 108 cm³/mol. The van der Waals surface area contributed by atoms with E-state index in [1.807, 2.05) is 0 Å². The highest BCUT2D eigenvalue weighted by Gasteiger charge is 2.51. The largest absolute Gasteiger partial charge is 0.451 e. The van der Waals surface area contributed by atoms with Crippen LogP contribution in [0.1, 0.15) is 48.2 Å². The van der Waals surface area contributed by atoms with Crippen molar-refractivity contribution in [1.82, 2.24) is 5.32 Å². The summed E-state index contributed by atoms with van der Waals surface area (Å²) in [6.45, 7) is -0.297. The lowest BCUT2D eigenvalue weighted by Crippen LogP contribution is -2.60. The molecule has 152 valence electrons. The number of nitro groups is 1. The summed E-state index contributed by atoms with van der Waals surface area (Å²) in [6.07, 6.45) is 7.05. The van der Waals surface area contributed by atoms with Crippen molar-refractivity contribution in [3.63, 3.8) is 0 Å². The molecule has 0 saturated heterocycles. The maximum absolute atomic E-state index is 12.5. The van der Waals surface area contributed by atoms with Gasteiger partial charge in [0.05, 0.1) is 4.92 Å². The van der Waals surface area contributed by atoms with Gasteiger partial charge in [0.2, 0.25) is 0 Å². The number of nitrogens with one attached hydrogen (secondary N) is 1. The van der Waals surface area contributed by atoms with E-state index in [-0.39, 0.29) is 23.7 Å². The van der Waals surface area contributed by atoms with Gasteiger partial charge >= 0.3 is 5.97 Å². The van der Waals surface area contributed by atoms with Gasteiger partial charge in [-0.15, -0.1) is 11.3 Å². The number of carbonyl (C=O) groups is 2. The number of amides is 1. The Balaban J connectivity index is 1.21. The lowest BCUT2D eigenvalue weighted by Gasteiger charge is -2.56. The fraction of sp³-hybridized carbons (Fsp3) is 0.524. The fourth-order valence-electron chi connectivity index (χ4n) is 6.04. The maximum Gasteiger partial charge on any atom is 0.348 e. The second-order valence-electron chi connectivity index (χ2n) is 8.91. The summed E-state index contributed by atoms with van der Waals surface area (Å²) in [5.74, 6) is 1.37. The zero-order valence-electron chi connectivity index (χ0n) is 15.9. The number of ether oxygens (including phenoxy) is 1. The van der Waals surface area contributed by atoms with Gasteiger partial charge < -0.3 is 10.1 Å². The Hall–Kier alpha value is -2.48. The van der Waals surface area contributed by atoms with E-state index in [4.69, 9.17) is 4.74 Å². The number of hydrogen-bond acceptors (Lipinski definition) is 6. The highest BCUT2D eigenvalue weighted by atomic mass is 32.1. The molecular weight excluding hydrogens is 392 g/mol. The van der Waals surface area contributed by atoms with Gasteiger partial charge in [0, 0.05) is 27.8 Å². The number of nitro benzene ring substituents is 1. The van der Waals surface area contributed by atoms with Crippen molar-refractivity contribution in [2.24, 2.45) is 17.8 Å². The van der Waals surface area contributed by atoms with E-state index in [9.17, 15) is 19.7 Å². The van der Waals surface area contributed by atoms with E-state index in [0.29, 0.717) is 10.3 Å². The van der Waals surface area contributed by atoms with Gasteiger partial charge in [0.25, 0.3) is 11.6 Å². The Morgan fingerprint density at radius 3 is 2.41 bits per heavy atom. The third-order valence-electron chi connectivity index (χ3n) is 6.69. The van der Waals surface area contributed by atoms with Crippen LogP contribution in [-0.2, 0) is 9.53 Å². The topological polar surface area (TPSA) is 98.5 Å². The van der Waals surface area contributed by atoms with Gasteiger partial charge in [-0.25, -0.2) is 4.79 Å². The summed E-state index contributed by atoms with van der Waals surface area (Å²) in [4.78, 5) is 35.6. The molecule has 1 N–H and O–H groups in total. The number of nitrogens with zero attached hydrogens (tertiary/aromatic N) is 1. The summed E-state index contributed by atoms with van der Waals surface area (Å²) in [6, 6.07) is 6.04. The number of fused-ring (bicyclic) bond motifs is 1. The highest BCUT2D eigenvalue weighted by molar-refractivity contribution is 7.20. The summed E-state index contributed by atoms with van der Waals surface area (Å²) < 4.78 is 6.00. The number of rotatable bonds is 5. The van der Waals surface area contributed by atoms with Gasteiger partial charge in [0.15, 0.2) is 6.61 Å². The molecule has 2 aromatic rings. The molecule has 0 atom stereocenters. The van der Waals surface area contributed by atoms with Crippen LogP contribution in [0.4, 0.5) is 5.69 Å². The van der Waals surface area contributed by atoms with Crippen molar-refractivity contribution in [3.8, 4) is 0 Å². The van der Waals surface area contributed by atoms with E-state index in [0.717, 1.165) is 41.7 Å². The molecule has 4 bridgehead atoms. The first-order chi connectivity index (χ1) is 13.9. The molecule has 0 radical (unpaired) electrons. The molecule has 0 spiro atoms. The van der Waals surface area contributed by atoms with Gasteiger partial charge in [-0.05, 0) is 68.4 Å². The van der Waals surface area contributed by atoms with Gasteiger partial charge in [-0.3, -0.25) is 14.9 Å². The molecule has 1 heterocycles. The quantitative estimate of drug-likeness (QED) is 0.452. The molecule has 4 saturated carbocycles. The van der Waals surface area contributed by atoms with E-state index in [1.54, 1.807) is 12.1 Å². The predicted octanol–water partition coefficient (Wildman–Crippen LogP) is 4.05. The van der Waals surface area contributed by atoms with Crippen LogP contribution in [0, 0.1) is 27.9 Å². The third-order valence-corrected chi connectivity index (χ3v) is 7.79. The van der Waals surface area contributed by atoms with E-state index in [2.05, 4.69) is 5.32 Å². The Morgan fingerprint density at radius 2 is 1.79 bits per heavy atom. The van der Waals surface area contributed by atoms with Crippen molar-refractivity contribution in [2.75, 3.05) is 6.61 Å². The molecule has 0 aliphatic heterocycles. The molecule has 6 rings (SSSR count). The maximum atomic E-state index is 12.5. The van der Waals surface area contributed by atoms with Crippen molar-refractivity contribution < 1.29 is 19.2 Å². The van der Waals surface area contributed by atoms with Gasteiger partial charge in [-0.2, -0.15) is 0 Å². The summed E-state index contributed by atoms with van der Waals surface area (Å²) >= 11 is 1.20. The van der Waals surface area contributed by atoms with Gasteiger partial charge in [-0.1, -0.05) is 0 Å². The Kier molecular flexibility index (Phi) is 4.34.